The predicted octanol–water partition coefficient (Wildman–Crippen LogP) is 3.95. The smallest absolute Gasteiger partial charge is 0.0110 e. The maximum atomic E-state index is 3.99. The van der Waals surface area contributed by atoms with Crippen LogP contribution in [-0.4, -0.2) is 12.6 Å². The first-order chi connectivity index (χ1) is 8.22. The summed E-state index contributed by atoms with van der Waals surface area (Å²) in [5.74, 6) is 0. The summed E-state index contributed by atoms with van der Waals surface area (Å²) >= 11 is 0. The average Bonchev–Trinajstić information content (AvgIpc) is 2.34. The standard InChI is InChI=1S/C16H25N/c1-4-12-17-16(11-10-14(2)3)13-15-8-6-5-7-9-15/h5-9,16-17H,2,4,10-13H2,1,3H3. The lowest BCUT2D eigenvalue weighted by molar-refractivity contribution is 0.477. The molecule has 0 aliphatic rings. The molecule has 1 rings (SSSR count). The lowest BCUT2D eigenvalue weighted by atomic mass is 10.00. The van der Waals surface area contributed by atoms with Crippen molar-refractivity contribution < 1.29 is 0 Å². The van der Waals surface area contributed by atoms with E-state index < -0.39 is 0 Å². The third-order valence-corrected chi connectivity index (χ3v) is 2.93. The molecule has 1 N–H and O–H groups in total. The van der Waals surface area contributed by atoms with Gasteiger partial charge in [-0.3, -0.25) is 0 Å². The highest BCUT2D eigenvalue weighted by atomic mass is 14.9. The monoisotopic (exact) mass is 231 g/mol. The molecule has 1 unspecified atom stereocenters. The number of rotatable bonds is 8. The second-order valence-corrected chi connectivity index (χ2v) is 4.84. The first kappa shape index (κ1) is 14.0. The Hall–Kier alpha value is -1.08. The summed E-state index contributed by atoms with van der Waals surface area (Å²) in [5, 5.41) is 3.63. The fourth-order valence-electron chi connectivity index (χ4n) is 1.94. The molecule has 0 radical (unpaired) electrons. The Morgan fingerprint density at radius 3 is 2.59 bits per heavy atom. The molecule has 0 heterocycles. The topological polar surface area (TPSA) is 12.0 Å². The molecule has 17 heavy (non-hydrogen) atoms. The van der Waals surface area contributed by atoms with Crippen LogP contribution in [-0.2, 0) is 6.42 Å². The molecule has 1 atom stereocenters. The molecule has 0 spiro atoms. The maximum absolute atomic E-state index is 3.99. The fourth-order valence-corrected chi connectivity index (χ4v) is 1.94. The minimum absolute atomic E-state index is 0.578. The summed E-state index contributed by atoms with van der Waals surface area (Å²) in [5.41, 5.74) is 2.70. The van der Waals surface area contributed by atoms with E-state index in [1.54, 1.807) is 0 Å². The van der Waals surface area contributed by atoms with Crippen LogP contribution in [0.15, 0.2) is 42.5 Å². The number of hydrogen-bond acceptors (Lipinski definition) is 1. The van der Waals surface area contributed by atoms with Crippen molar-refractivity contribution in [3.63, 3.8) is 0 Å². The SMILES string of the molecule is C=C(C)CCC(Cc1ccccc1)NCCC. The van der Waals surface area contributed by atoms with Crippen LogP contribution in [0.4, 0.5) is 0 Å². The third-order valence-electron chi connectivity index (χ3n) is 2.93. The lowest BCUT2D eigenvalue weighted by Gasteiger charge is -2.18. The Balaban J connectivity index is 2.47. The Kier molecular flexibility index (Phi) is 6.64. The molecule has 0 saturated heterocycles. The highest BCUT2D eigenvalue weighted by Gasteiger charge is 2.08. The maximum Gasteiger partial charge on any atom is 0.0110 e. The minimum Gasteiger partial charge on any atom is -0.314 e. The summed E-state index contributed by atoms with van der Waals surface area (Å²) in [6, 6.07) is 11.3. The van der Waals surface area contributed by atoms with Crippen LogP contribution in [0.1, 0.15) is 38.7 Å². The van der Waals surface area contributed by atoms with Crippen LogP contribution in [0.25, 0.3) is 0 Å². The molecular weight excluding hydrogens is 206 g/mol. The van der Waals surface area contributed by atoms with Crippen LogP contribution < -0.4 is 5.32 Å². The van der Waals surface area contributed by atoms with E-state index in [0.29, 0.717) is 6.04 Å². The largest absolute Gasteiger partial charge is 0.314 e. The lowest BCUT2D eigenvalue weighted by Crippen LogP contribution is -2.31. The zero-order chi connectivity index (χ0) is 12.5. The van der Waals surface area contributed by atoms with Gasteiger partial charge >= 0.3 is 0 Å². The molecule has 1 heteroatoms. The van der Waals surface area contributed by atoms with Crippen molar-refractivity contribution in [2.45, 2.75) is 45.6 Å². The van der Waals surface area contributed by atoms with Gasteiger partial charge < -0.3 is 5.32 Å². The Morgan fingerprint density at radius 2 is 2.00 bits per heavy atom. The fraction of sp³-hybridized carbons (Fsp3) is 0.500. The number of hydrogen-bond donors (Lipinski definition) is 1. The molecule has 1 nitrogen and oxygen atoms in total. The molecule has 0 aliphatic carbocycles. The van der Waals surface area contributed by atoms with Crippen LogP contribution in [0.2, 0.25) is 0 Å². The van der Waals surface area contributed by atoms with Crippen molar-refractivity contribution in [3.8, 4) is 0 Å². The summed E-state index contributed by atoms with van der Waals surface area (Å²) < 4.78 is 0. The minimum atomic E-state index is 0.578. The summed E-state index contributed by atoms with van der Waals surface area (Å²) in [7, 11) is 0. The molecule has 1 aromatic carbocycles. The van der Waals surface area contributed by atoms with Crippen LogP contribution in [0, 0.1) is 0 Å². The van der Waals surface area contributed by atoms with E-state index in [0.717, 1.165) is 19.4 Å². The van der Waals surface area contributed by atoms with Crippen LogP contribution >= 0.6 is 0 Å². The molecule has 0 aliphatic heterocycles. The normalized spacial score (nSPS) is 12.4. The van der Waals surface area contributed by atoms with Gasteiger partial charge in [0.25, 0.3) is 0 Å². The molecule has 0 bridgehead atoms. The van der Waals surface area contributed by atoms with Gasteiger partial charge in [-0.2, -0.15) is 0 Å². The van der Waals surface area contributed by atoms with Gasteiger partial charge in [0, 0.05) is 6.04 Å². The number of benzene rings is 1. The van der Waals surface area contributed by atoms with E-state index >= 15 is 0 Å². The van der Waals surface area contributed by atoms with E-state index in [9.17, 15) is 0 Å². The van der Waals surface area contributed by atoms with Crippen molar-refractivity contribution in [2.75, 3.05) is 6.54 Å². The first-order valence-corrected chi connectivity index (χ1v) is 6.64. The van der Waals surface area contributed by atoms with Crippen LogP contribution in [0.5, 0.6) is 0 Å². The van der Waals surface area contributed by atoms with Crippen molar-refractivity contribution in [1.29, 1.82) is 0 Å². The van der Waals surface area contributed by atoms with Crippen molar-refractivity contribution in [3.05, 3.63) is 48.0 Å². The van der Waals surface area contributed by atoms with Crippen molar-refractivity contribution in [2.24, 2.45) is 0 Å². The summed E-state index contributed by atoms with van der Waals surface area (Å²) in [6.07, 6.45) is 4.62. The van der Waals surface area contributed by atoms with Gasteiger partial charge in [-0.05, 0) is 44.7 Å². The molecule has 0 amide bonds. The van der Waals surface area contributed by atoms with Gasteiger partial charge in [0.2, 0.25) is 0 Å². The molecule has 0 saturated carbocycles. The van der Waals surface area contributed by atoms with E-state index in [-0.39, 0.29) is 0 Å². The Labute approximate surface area is 106 Å². The van der Waals surface area contributed by atoms with Crippen molar-refractivity contribution in [1.82, 2.24) is 5.32 Å². The zero-order valence-corrected chi connectivity index (χ0v) is 11.2. The first-order valence-electron chi connectivity index (χ1n) is 6.64. The second-order valence-electron chi connectivity index (χ2n) is 4.84. The van der Waals surface area contributed by atoms with Gasteiger partial charge in [-0.1, -0.05) is 42.8 Å². The average molecular weight is 231 g/mol. The van der Waals surface area contributed by atoms with E-state index in [1.807, 2.05) is 0 Å². The summed E-state index contributed by atoms with van der Waals surface area (Å²) in [6.45, 7) is 9.42. The van der Waals surface area contributed by atoms with E-state index in [4.69, 9.17) is 0 Å². The quantitative estimate of drug-likeness (QED) is 0.668. The Bertz CT molecular complexity index is 316. The second kappa shape index (κ2) is 8.08. The van der Waals surface area contributed by atoms with Gasteiger partial charge in [0.15, 0.2) is 0 Å². The molecular formula is C16H25N. The zero-order valence-electron chi connectivity index (χ0n) is 11.2. The highest BCUT2D eigenvalue weighted by Crippen LogP contribution is 2.10. The van der Waals surface area contributed by atoms with Gasteiger partial charge in [-0.25, -0.2) is 0 Å². The molecule has 0 fully saturated rings. The number of nitrogens with one attached hydrogen (secondary N) is 1. The van der Waals surface area contributed by atoms with Gasteiger partial charge in [0.1, 0.15) is 0 Å². The van der Waals surface area contributed by atoms with E-state index in [2.05, 4.69) is 56.1 Å². The van der Waals surface area contributed by atoms with E-state index in [1.165, 1.54) is 24.0 Å². The van der Waals surface area contributed by atoms with Crippen LogP contribution in [0.3, 0.4) is 0 Å². The van der Waals surface area contributed by atoms with Gasteiger partial charge in [0.05, 0.1) is 0 Å². The highest BCUT2D eigenvalue weighted by molar-refractivity contribution is 5.16. The molecule has 1 aromatic rings. The third kappa shape index (κ3) is 6.28. The number of allylic oxidation sites excluding steroid dienone is 1. The van der Waals surface area contributed by atoms with Gasteiger partial charge in [-0.15, -0.1) is 6.58 Å². The Morgan fingerprint density at radius 1 is 1.29 bits per heavy atom. The molecule has 94 valence electrons. The summed E-state index contributed by atoms with van der Waals surface area (Å²) in [4.78, 5) is 0. The molecule has 0 aromatic heterocycles. The van der Waals surface area contributed by atoms with Crippen molar-refractivity contribution >= 4 is 0 Å². The predicted molar refractivity (Wildman–Crippen MR) is 76.3 cm³/mol.